The van der Waals surface area contributed by atoms with E-state index in [2.05, 4.69) is 15.6 Å². The van der Waals surface area contributed by atoms with E-state index in [4.69, 9.17) is 5.73 Å². The minimum absolute atomic E-state index is 0.0345. The Morgan fingerprint density at radius 3 is 2.53 bits per heavy atom. The Labute approximate surface area is 186 Å². The van der Waals surface area contributed by atoms with Crippen molar-refractivity contribution < 1.29 is 22.8 Å². The van der Waals surface area contributed by atoms with Crippen molar-refractivity contribution in [2.24, 2.45) is 0 Å². The second kappa shape index (κ2) is 8.42. The van der Waals surface area contributed by atoms with Crippen LogP contribution in [0, 0.1) is 6.92 Å². The van der Waals surface area contributed by atoms with Crippen molar-refractivity contribution in [3.05, 3.63) is 52.0 Å². The van der Waals surface area contributed by atoms with Crippen molar-refractivity contribution in [1.82, 2.24) is 10.3 Å². The number of benzene rings is 1. The first kappa shape index (κ1) is 22.1. The van der Waals surface area contributed by atoms with Crippen LogP contribution in [0.25, 0.3) is 10.2 Å². The van der Waals surface area contributed by atoms with Gasteiger partial charge in [-0.3, -0.25) is 9.59 Å². The first-order valence-electron chi connectivity index (χ1n) is 10.1. The van der Waals surface area contributed by atoms with Crippen LogP contribution in [0.4, 0.5) is 24.5 Å². The van der Waals surface area contributed by atoms with Gasteiger partial charge in [0.15, 0.2) is 0 Å². The van der Waals surface area contributed by atoms with Crippen LogP contribution in [-0.4, -0.2) is 22.8 Å². The van der Waals surface area contributed by atoms with E-state index in [1.165, 1.54) is 6.92 Å². The number of aryl methyl sites for hydroxylation is 1. The van der Waals surface area contributed by atoms with Crippen molar-refractivity contribution in [2.45, 2.75) is 44.8 Å². The van der Waals surface area contributed by atoms with Gasteiger partial charge in [-0.05, 0) is 38.0 Å². The topological polar surface area (TPSA) is 97.1 Å². The summed E-state index contributed by atoms with van der Waals surface area (Å²) in [7, 11) is 0. The molecular formula is C22H21F3N4O2S. The largest absolute Gasteiger partial charge is 0.417 e. The Kier molecular flexibility index (Phi) is 5.81. The summed E-state index contributed by atoms with van der Waals surface area (Å²) in [6.07, 6.45) is -0.706. The number of nitrogens with two attached hydrogens (primary N) is 1. The van der Waals surface area contributed by atoms with Crippen LogP contribution >= 0.6 is 11.3 Å². The van der Waals surface area contributed by atoms with E-state index in [0.29, 0.717) is 0 Å². The summed E-state index contributed by atoms with van der Waals surface area (Å²) >= 11 is 0.787. The number of carbonyl (C=O) groups excluding carboxylic acids is 2. The average molecular weight is 462 g/mol. The zero-order chi connectivity index (χ0) is 23.0. The number of nitrogens with zero attached hydrogens (tertiary/aromatic N) is 1. The molecule has 1 aliphatic carbocycles. The molecule has 1 fully saturated rings. The summed E-state index contributed by atoms with van der Waals surface area (Å²) in [5, 5.41) is 5.31. The normalized spacial score (nSPS) is 14.6. The number of hydrogen-bond acceptors (Lipinski definition) is 5. The monoisotopic (exact) mass is 462 g/mol. The van der Waals surface area contributed by atoms with E-state index >= 15 is 0 Å². The minimum Gasteiger partial charge on any atom is -0.397 e. The molecule has 0 unspecified atom stereocenters. The van der Waals surface area contributed by atoms with Crippen LogP contribution in [0.15, 0.2) is 30.3 Å². The second-order valence-corrected chi connectivity index (χ2v) is 8.79. The molecule has 4 rings (SSSR count). The average Bonchev–Trinajstić information content (AvgIpc) is 3.35. The maximum atomic E-state index is 13.5. The Bertz CT molecular complexity index is 1200. The zero-order valence-electron chi connectivity index (χ0n) is 17.2. The third-order valence-corrected chi connectivity index (χ3v) is 6.55. The number of aromatic nitrogens is 1. The van der Waals surface area contributed by atoms with E-state index in [-0.39, 0.29) is 49.7 Å². The number of anilines is 2. The number of amides is 2. The highest BCUT2D eigenvalue weighted by molar-refractivity contribution is 7.21. The molecule has 4 N–H and O–H groups in total. The van der Waals surface area contributed by atoms with Gasteiger partial charge in [-0.2, -0.15) is 13.2 Å². The van der Waals surface area contributed by atoms with Crippen LogP contribution in [0.2, 0.25) is 0 Å². The van der Waals surface area contributed by atoms with Gasteiger partial charge in [0.25, 0.3) is 11.8 Å². The van der Waals surface area contributed by atoms with Crippen molar-refractivity contribution in [1.29, 1.82) is 0 Å². The quantitative estimate of drug-likeness (QED) is 0.501. The number of nitrogen functional groups attached to an aromatic ring is 1. The SMILES string of the molecule is Cc1cc(C(F)(F)F)c2c(N)c(C(=O)Nc3ccccc3C(=O)NC3CCCC3)sc2n1. The molecule has 0 radical (unpaired) electrons. The molecule has 0 spiro atoms. The van der Waals surface area contributed by atoms with Crippen LogP contribution in [-0.2, 0) is 6.18 Å². The summed E-state index contributed by atoms with van der Waals surface area (Å²) in [5.41, 5.74) is 5.47. The van der Waals surface area contributed by atoms with E-state index in [1.54, 1.807) is 24.3 Å². The predicted octanol–water partition coefficient (Wildman–Crippen LogP) is 5.13. The molecule has 3 aromatic rings. The lowest BCUT2D eigenvalue weighted by Gasteiger charge is -2.15. The third kappa shape index (κ3) is 4.27. The Balaban J connectivity index is 1.65. The maximum absolute atomic E-state index is 13.5. The fraction of sp³-hybridized carbons (Fsp3) is 0.318. The molecule has 168 valence electrons. The molecule has 0 atom stereocenters. The zero-order valence-corrected chi connectivity index (χ0v) is 18.0. The van der Waals surface area contributed by atoms with Crippen LogP contribution in [0.5, 0.6) is 0 Å². The van der Waals surface area contributed by atoms with Gasteiger partial charge in [-0.25, -0.2) is 4.98 Å². The summed E-state index contributed by atoms with van der Waals surface area (Å²) < 4.78 is 40.6. The fourth-order valence-corrected chi connectivity index (χ4v) is 5.00. The van der Waals surface area contributed by atoms with E-state index in [1.807, 2.05) is 0 Å². The Hall–Kier alpha value is -3.14. The number of nitrogens with one attached hydrogen (secondary N) is 2. The lowest BCUT2D eigenvalue weighted by molar-refractivity contribution is -0.136. The fourth-order valence-electron chi connectivity index (χ4n) is 3.94. The third-order valence-electron chi connectivity index (χ3n) is 5.45. The molecule has 10 heteroatoms. The summed E-state index contributed by atoms with van der Waals surface area (Å²) in [6.45, 7) is 1.45. The molecule has 2 heterocycles. The number of para-hydroxylation sites is 1. The highest BCUT2D eigenvalue weighted by atomic mass is 32.1. The maximum Gasteiger partial charge on any atom is 0.417 e. The molecular weight excluding hydrogens is 441 g/mol. The highest BCUT2D eigenvalue weighted by Crippen LogP contribution is 2.42. The standard InChI is InChI=1S/C22H21F3N4O2S/c1-11-10-14(22(23,24)25)16-17(26)18(32-21(16)27-11)20(31)29-15-9-5-4-8-13(15)19(30)28-12-6-2-3-7-12/h4-5,8-10,12H,2-3,6-7,26H2,1H3,(H,28,30)(H,29,31). The number of thiophene rings is 1. The number of carbonyl (C=O) groups is 2. The van der Waals surface area contributed by atoms with Crippen LogP contribution < -0.4 is 16.4 Å². The van der Waals surface area contributed by atoms with Gasteiger partial charge in [-0.15, -0.1) is 11.3 Å². The number of alkyl halides is 3. The van der Waals surface area contributed by atoms with E-state index in [9.17, 15) is 22.8 Å². The number of halogens is 3. The van der Waals surface area contributed by atoms with E-state index in [0.717, 1.165) is 43.1 Å². The molecule has 6 nitrogen and oxygen atoms in total. The first-order valence-corrected chi connectivity index (χ1v) is 10.9. The van der Waals surface area contributed by atoms with Gasteiger partial charge in [0, 0.05) is 17.1 Å². The molecule has 32 heavy (non-hydrogen) atoms. The first-order chi connectivity index (χ1) is 15.1. The predicted molar refractivity (Wildman–Crippen MR) is 118 cm³/mol. The molecule has 1 aliphatic rings. The highest BCUT2D eigenvalue weighted by Gasteiger charge is 2.36. The van der Waals surface area contributed by atoms with Crippen molar-refractivity contribution >= 4 is 44.7 Å². The van der Waals surface area contributed by atoms with Crippen molar-refractivity contribution in [2.75, 3.05) is 11.1 Å². The van der Waals surface area contributed by atoms with Crippen LogP contribution in [0.1, 0.15) is 57.0 Å². The van der Waals surface area contributed by atoms with Gasteiger partial charge < -0.3 is 16.4 Å². The number of rotatable bonds is 4. The van der Waals surface area contributed by atoms with Crippen molar-refractivity contribution in [3.8, 4) is 0 Å². The van der Waals surface area contributed by atoms with Gasteiger partial charge in [-0.1, -0.05) is 25.0 Å². The minimum atomic E-state index is -4.64. The molecule has 0 bridgehead atoms. The molecule has 1 saturated carbocycles. The Morgan fingerprint density at radius 2 is 1.84 bits per heavy atom. The second-order valence-electron chi connectivity index (χ2n) is 7.79. The summed E-state index contributed by atoms with van der Waals surface area (Å²) in [6, 6.07) is 7.49. The van der Waals surface area contributed by atoms with Gasteiger partial charge in [0.1, 0.15) is 9.71 Å². The molecule has 0 saturated heterocycles. The summed E-state index contributed by atoms with van der Waals surface area (Å²) in [4.78, 5) is 29.7. The number of pyridine rings is 1. The molecule has 2 amide bonds. The van der Waals surface area contributed by atoms with Crippen LogP contribution in [0.3, 0.4) is 0 Å². The number of fused-ring (bicyclic) bond motifs is 1. The molecule has 2 aromatic heterocycles. The summed E-state index contributed by atoms with van der Waals surface area (Å²) in [5.74, 6) is -1.01. The van der Waals surface area contributed by atoms with Gasteiger partial charge in [0.05, 0.1) is 22.5 Å². The van der Waals surface area contributed by atoms with Gasteiger partial charge >= 0.3 is 6.18 Å². The van der Waals surface area contributed by atoms with Gasteiger partial charge in [0.2, 0.25) is 0 Å². The lowest BCUT2D eigenvalue weighted by atomic mass is 10.1. The van der Waals surface area contributed by atoms with Crippen molar-refractivity contribution in [3.63, 3.8) is 0 Å². The molecule has 0 aliphatic heterocycles. The molecule has 1 aromatic carbocycles. The Morgan fingerprint density at radius 1 is 1.16 bits per heavy atom. The smallest absolute Gasteiger partial charge is 0.397 e. The van der Waals surface area contributed by atoms with E-state index < -0.39 is 17.6 Å². The number of hydrogen-bond donors (Lipinski definition) is 3. The lowest BCUT2D eigenvalue weighted by Crippen LogP contribution is -2.33.